The number of nitrogens with zero attached hydrogens (tertiary/aromatic N) is 2. The number of nitrogens with one attached hydrogen (secondary N) is 1. The highest BCUT2D eigenvalue weighted by Crippen LogP contribution is 2.22. The maximum absolute atomic E-state index is 12.2. The summed E-state index contributed by atoms with van der Waals surface area (Å²) in [5, 5.41) is 2.74. The number of H-pyrrole nitrogens is 1. The summed E-state index contributed by atoms with van der Waals surface area (Å²) in [5.41, 5.74) is 1.98. The summed E-state index contributed by atoms with van der Waals surface area (Å²) in [5.74, 6) is 0.709. The molecule has 0 aliphatic rings. The largest absolute Gasteiger partial charge is 0.309 e. The number of rotatable bonds is 4. The molecule has 0 bridgehead atoms. The first-order chi connectivity index (χ1) is 10.6. The van der Waals surface area contributed by atoms with Gasteiger partial charge in [-0.2, -0.15) is 0 Å². The number of aryl methyl sites for hydroxylation is 1. The van der Waals surface area contributed by atoms with Gasteiger partial charge in [0.15, 0.2) is 0 Å². The molecule has 0 saturated carbocycles. The summed E-state index contributed by atoms with van der Waals surface area (Å²) in [6.07, 6.45) is 0. The molecule has 0 aliphatic carbocycles. The standard InChI is InChI=1S/C17H19N3OS/c1-11-8-9-22-15(11)10-20(3)12(2)16-18-14-7-5-4-6-13(14)17(21)19-16/h4-9,12H,10H2,1-3H3,(H,18,19,21). The van der Waals surface area contributed by atoms with Crippen molar-refractivity contribution in [3.8, 4) is 0 Å². The zero-order valence-electron chi connectivity index (χ0n) is 13.0. The normalized spacial score (nSPS) is 12.9. The number of benzene rings is 1. The van der Waals surface area contributed by atoms with Gasteiger partial charge in [0.25, 0.3) is 5.56 Å². The minimum atomic E-state index is -0.0758. The third-order valence-corrected chi connectivity index (χ3v) is 5.06. The number of aromatic nitrogens is 2. The molecule has 3 aromatic rings. The minimum absolute atomic E-state index is 0.0406. The van der Waals surface area contributed by atoms with Crippen LogP contribution in [0.5, 0.6) is 0 Å². The van der Waals surface area contributed by atoms with Crippen LogP contribution in [-0.2, 0) is 6.54 Å². The predicted octanol–water partition coefficient (Wildman–Crippen LogP) is 3.49. The first-order valence-electron chi connectivity index (χ1n) is 7.28. The monoisotopic (exact) mass is 313 g/mol. The number of hydrogen-bond acceptors (Lipinski definition) is 4. The highest BCUT2D eigenvalue weighted by atomic mass is 32.1. The van der Waals surface area contributed by atoms with Crippen LogP contribution in [-0.4, -0.2) is 21.9 Å². The van der Waals surface area contributed by atoms with Crippen LogP contribution in [0.4, 0.5) is 0 Å². The van der Waals surface area contributed by atoms with E-state index in [-0.39, 0.29) is 11.6 Å². The molecule has 2 heterocycles. The second-order valence-electron chi connectivity index (χ2n) is 5.59. The van der Waals surface area contributed by atoms with Gasteiger partial charge in [-0.15, -0.1) is 11.3 Å². The molecule has 1 unspecified atom stereocenters. The van der Waals surface area contributed by atoms with Crippen molar-refractivity contribution in [3.63, 3.8) is 0 Å². The van der Waals surface area contributed by atoms with Gasteiger partial charge in [-0.1, -0.05) is 12.1 Å². The summed E-state index contributed by atoms with van der Waals surface area (Å²) in [6, 6.07) is 9.61. The van der Waals surface area contributed by atoms with Crippen LogP contribution in [0, 0.1) is 6.92 Å². The van der Waals surface area contributed by atoms with Gasteiger partial charge in [0.05, 0.1) is 16.9 Å². The van der Waals surface area contributed by atoms with Gasteiger partial charge in [-0.25, -0.2) is 4.98 Å². The van der Waals surface area contributed by atoms with Gasteiger partial charge in [0.1, 0.15) is 5.82 Å². The first kappa shape index (κ1) is 14.9. The van der Waals surface area contributed by atoms with E-state index in [1.807, 2.05) is 18.2 Å². The average molecular weight is 313 g/mol. The molecular weight excluding hydrogens is 294 g/mol. The van der Waals surface area contributed by atoms with E-state index in [4.69, 9.17) is 0 Å². The molecule has 0 fully saturated rings. The second-order valence-corrected chi connectivity index (χ2v) is 6.59. The van der Waals surface area contributed by atoms with Crippen LogP contribution >= 0.6 is 11.3 Å². The Kier molecular flexibility index (Phi) is 4.09. The summed E-state index contributed by atoms with van der Waals surface area (Å²) >= 11 is 1.76. The third kappa shape index (κ3) is 2.82. The molecule has 0 spiro atoms. The van der Waals surface area contributed by atoms with Crippen LogP contribution in [0.2, 0.25) is 0 Å². The Morgan fingerprint density at radius 1 is 1.32 bits per heavy atom. The Hall–Kier alpha value is -1.98. The molecule has 1 N–H and O–H groups in total. The van der Waals surface area contributed by atoms with Gasteiger partial charge < -0.3 is 4.98 Å². The molecule has 4 nitrogen and oxygen atoms in total. The minimum Gasteiger partial charge on any atom is -0.309 e. The molecule has 2 aromatic heterocycles. The van der Waals surface area contributed by atoms with Crippen molar-refractivity contribution < 1.29 is 0 Å². The van der Waals surface area contributed by atoms with Crippen molar-refractivity contribution in [3.05, 3.63) is 62.3 Å². The highest BCUT2D eigenvalue weighted by Gasteiger charge is 2.16. The molecule has 114 valence electrons. The molecule has 3 rings (SSSR count). The lowest BCUT2D eigenvalue weighted by Gasteiger charge is -2.23. The second kappa shape index (κ2) is 6.02. The summed E-state index contributed by atoms with van der Waals surface area (Å²) in [6.45, 7) is 5.04. The van der Waals surface area contributed by atoms with Crippen molar-refractivity contribution in [2.24, 2.45) is 0 Å². The van der Waals surface area contributed by atoms with Crippen LogP contribution in [0.25, 0.3) is 10.9 Å². The Bertz CT molecular complexity index is 852. The molecule has 22 heavy (non-hydrogen) atoms. The topological polar surface area (TPSA) is 49.0 Å². The lowest BCUT2D eigenvalue weighted by atomic mass is 10.2. The molecule has 1 aromatic carbocycles. The number of para-hydroxylation sites is 1. The van der Waals surface area contributed by atoms with Gasteiger partial charge in [0, 0.05) is 11.4 Å². The van der Waals surface area contributed by atoms with E-state index in [1.165, 1.54) is 10.4 Å². The van der Waals surface area contributed by atoms with Gasteiger partial charge in [0.2, 0.25) is 0 Å². The molecular formula is C17H19N3OS. The zero-order chi connectivity index (χ0) is 15.7. The van der Waals surface area contributed by atoms with E-state index in [0.717, 1.165) is 12.1 Å². The Morgan fingerprint density at radius 2 is 2.09 bits per heavy atom. The van der Waals surface area contributed by atoms with Gasteiger partial charge in [-0.3, -0.25) is 9.69 Å². The number of hydrogen-bond donors (Lipinski definition) is 1. The van der Waals surface area contributed by atoms with E-state index in [0.29, 0.717) is 11.2 Å². The van der Waals surface area contributed by atoms with E-state index in [2.05, 4.69) is 47.2 Å². The van der Waals surface area contributed by atoms with E-state index < -0.39 is 0 Å². The number of aromatic amines is 1. The van der Waals surface area contributed by atoms with Crippen molar-refractivity contribution in [2.45, 2.75) is 26.4 Å². The summed E-state index contributed by atoms with van der Waals surface area (Å²) < 4.78 is 0. The molecule has 0 aliphatic heterocycles. The van der Waals surface area contributed by atoms with Crippen LogP contribution in [0.3, 0.4) is 0 Å². The Balaban J connectivity index is 1.90. The zero-order valence-corrected chi connectivity index (χ0v) is 13.8. The van der Waals surface area contributed by atoms with Crippen molar-refractivity contribution in [1.82, 2.24) is 14.9 Å². The summed E-state index contributed by atoms with van der Waals surface area (Å²) in [7, 11) is 2.05. The molecule has 0 radical (unpaired) electrons. The smallest absolute Gasteiger partial charge is 0.258 e. The van der Waals surface area contributed by atoms with Gasteiger partial charge >= 0.3 is 0 Å². The summed E-state index contributed by atoms with van der Waals surface area (Å²) in [4.78, 5) is 23.3. The van der Waals surface area contributed by atoms with E-state index in [9.17, 15) is 4.79 Å². The predicted molar refractivity (Wildman–Crippen MR) is 91.3 cm³/mol. The van der Waals surface area contributed by atoms with Crippen LogP contribution < -0.4 is 5.56 Å². The van der Waals surface area contributed by atoms with Crippen molar-refractivity contribution in [1.29, 1.82) is 0 Å². The van der Waals surface area contributed by atoms with Crippen molar-refractivity contribution in [2.75, 3.05) is 7.05 Å². The number of fused-ring (bicyclic) bond motifs is 1. The third-order valence-electron chi connectivity index (χ3n) is 4.05. The quantitative estimate of drug-likeness (QED) is 0.802. The maximum Gasteiger partial charge on any atom is 0.258 e. The molecule has 5 heteroatoms. The van der Waals surface area contributed by atoms with Crippen LogP contribution in [0.1, 0.15) is 29.2 Å². The molecule has 1 atom stereocenters. The molecule has 0 amide bonds. The lowest BCUT2D eigenvalue weighted by molar-refractivity contribution is 0.245. The van der Waals surface area contributed by atoms with Crippen LogP contribution in [0.15, 0.2) is 40.5 Å². The van der Waals surface area contributed by atoms with Crippen molar-refractivity contribution >= 4 is 22.2 Å². The Morgan fingerprint density at radius 3 is 2.82 bits per heavy atom. The fourth-order valence-electron chi connectivity index (χ4n) is 2.44. The Labute approximate surface area is 133 Å². The maximum atomic E-state index is 12.2. The first-order valence-corrected chi connectivity index (χ1v) is 8.16. The number of thiophene rings is 1. The molecule has 0 saturated heterocycles. The van der Waals surface area contributed by atoms with E-state index >= 15 is 0 Å². The fraction of sp³-hybridized carbons (Fsp3) is 0.294. The van der Waals surface area contributed by atoms with Gasteiger partial charge in [-0.05, 0) is 50.0 Å². The van der Waals surface area contributed by atoms with E-state index in [1.54, 1.807) is 17.4 Å². The SMILES string of the molecule is Cc1ccsc1CN(C)C(C)c1nc2ccccc2c(=O)[nH]1. The fourth-order valence-corrected chi connectivity index (χ4v) is 3.41. The lowest BCUT2D eigenvalue weighted by Crippen LogP contribution is -2.25. The average Bonchev–Trinajstić information content (AvgIpc) is 2.91. The highest BCUT2D eigenvalue weighted by molar-refractivity contribution is 7.10.